The molecule has 0 aliphatic carbocycles. The fourth-order valence-corrected chi connectivity index (χ4v) is 2.74. The lowest BCUT2D eigenvalue weighted by Gasteiger charge is -2.12. The third kappa shape index (κ3) is 3.01. The van der Waals surface area contributed by atoms with Crippen LogP contribution in [0.15, 0.2) is 54.6 Å². The molecule has 3 rings (SSSR count). The average Bonchev–Trinajstić information content (AvgIpc) is 2.62. The third-order valence-corrected chi connectivity index (χ3v) is 3.93. The van der Waals surface area contributed by atoms with Crippen LogP contribution in [-0.4, -0.2) is 14.9 Å². The van der Waals surface area contributed by atoms with Crippen molar-refractivity contribution >= 4 is 5.69 Å². The Morgan fingerprint density at radius 2 is 1.71 bits per heavy atom. The van der Waals surface area contributed by atoms with E-state index in [1.54, 1.807) is 12.1 Å². The molecule has 0 aliphatic heterocycles. The molecule has 5 heteroatoms. The molecule has 3 aromatic rings. The Labute approximate surface area is 140 Å². The molecule has 0 spiro atoms. The summed E-state index contributed by atoms with van der Waals surface area (Å²) in [6.07, 6.45) is 0.763. The van der Waals surface area contributed by atoms with Gasteiger partial charge in [-0.1, -0.05) is 49.4 Å². The van der Waals surface area contributed by atoms with Gasteiger partial charge >= 0.3 is 0 Å². The molecule has 0 saturated carbocycles. The van der Waals surface area contributed by atoms with Crippen LogP contribution in [0.25, 0.3) is 22.6 Å². The molecule has 0 amide bonds. The van der Waals surface area contributed by atoms with E-state index in [0.717, 1.165) is 34.5 Å². The fraction of sp³-hybridized carbons (Fsp3) is 0.158. The van der Waals surface area contributed by atoms with Crippen LogP contribution < -0.4 is 0 Å². The van der Waals surface area contributed by atoms with E-state index in [0.29, 0.717) is 5.82 Å². The van der Waals surface area contributed by atoms with E-state index in [1.165, 1.54) is 6.07 Å². The lowest BCUT2D eigenvalue weighted by Crippen LogP contribution is -2.02. The van der Waals surface area contributed by atoms with Crippen LogP contribution >= 0.6 is 0 Å². The van der Waals surface area contributed by atoms with Gasteiger partial charge in [-0.3, -0.25) is 10.1 Å². The lowest BCUT2D eigenvalue weighted by atomic mass is 10.0. The first-order valence-electron chi connectivity index (χ1n) is 7.78. The number of non-ortho nitro benzene ring substituents is 1. The number of hydrogen-bond donors (Lipinski definition) is 0. The lowest BCUT2D eigenvalue weighted by molar-refractivity contribution is -0.384. The van der Waals surface area contributed by atoms with Crippen molar-refractivity contribution in [2.24, 2.45) is 0 Å². The summed E-state index contributed by atoms with van der Waals surface area (Å²) < 4.78 is 0. The molecule has 0 aliphatic rings. The van der Waals surface area contributed by atoms with Gasteiger partial charge in [-0.05, 0) is 18.9 Å². The van der Waals surface area contributed by atoms with E-state index >= 15 is 0 Å². The summed E-state index contributed by atoms with van der Waals surface area (Å²) >= 11 is 0. The predicted molar refractivity (Wildman–Crippen MR) is 93.7 cm³/mol. The zero-order valence-corrected chi connectivity index (χ0v) is 13.6. The summed E-state index contributed by atoms with van der Waals surface area (Å²) in [5.74, 6) is 0.631. The van der Waals surface area contributed by atoms with Gasteiger partial charge in [0.1, 0.15) is 0 Å². The number of nitrogens with zero attached hydrogens (tertiary/aromatic N) is 3. The smallest absolute Gasteiger partial charge is 0.258 e. The van der Waals surface area contributed by atoms with E-state index in [4.69, 9.17) is 4.98 Å². The quantitative estimate of drug-likeness (QED) is 0.521. The summed E-state index contributed by atoms with van der Waals surface area (Å²) in [5.41, 5.74) is 4.39. The molecule has 0 unspecified atom stereocenters. The normalized spacial score (nSPS) is 10.6. The molecule has 0 fully saturated rings. The second-order valence-corrected chi connectivity index (χ2v) is 5.49. The van der Waals surface area contributed by atoms with Gasteiger partial charge in [0.25, 0.3) is 5.69 Å². The van der Waals surface area contributed by atoms with E-state index in [-0.39, 0.29) is 10.6 Å². The first-order chi connectivity index (χ1) is 11.6. The second kappa shape index (κ2) is 6.58. The van der Waals surface area contributed by atoms with Crippen LogP contribution in [-0.2, 0) is 6.42 Å². The van der Waals surface area contributed by atoms with Gasteiger partial charge in [0.05, 0.1) is 10.6 Å². The molecule has 24 heavy (non-hydrogen) atoms. The summed E-state index contributed by atoms with van der Waals surface area (Å²) in [4.78, 5) is 20.0. The number of aryl methyl sites for hydroxylation is 1. The standard InChI is InChI=1S/C19H17N3O2/c1-3-17-13(2)20-19(14-8-5-4-6-9-14)21-18(17)15-10-7-11-16(12-15)22(23)24/h4-12H,3H2,1-2H3. The number of nitro groups is 1. The first-order valence-corrected chi connectivity index (χ1v) is 7.78. The maximum atomic E-state index is 11.1. The first kappa shape index (κ1) is 15.8. The molecule has 1 heterocycles. The van der Waals surface area contributed by atoms with Crippen molar-refractivity contribution < 1.29 is 4.92 Å². The second-order valence-electron chi connectivity index (χ2n) is 5.49. The average molecular weight is 319 g/mol. The minimum atomic E-state index is -0.388. The van der Waals surface area contributed by atoms with Crippen molar-refractivity contribution in [3.8, 4) is 22.6 Å². The topological polar surface area (TPSA) is 68.9 Å². The minimum Gasteiger partial charge on any atom is -0.258 e. The van der Waals surface area contributed by atoms with Crippen molar-refractivity contribution in [2.45, 2.75) is 20.3 Å². The predicted octanol–water partition coefficient (Wildman–Crippen LogP) is 4.59. The molecule has 0 atom stereocenters. The molecule has 0 radical (unpaired) electrons. The van der Waals surface area contributed by atoms with Gasteiger partial charge in [0.2, 0.25) is 0 Å². The van der Waals surface area contributed by atoms with E-state index in [1.807, 2.05) is 50.2 Å². The zero-order chi connectivity index (χ0) is 17.1. The van der Waals surface area contributed by atoms with E-state index < -0.39 is 0 Å². The SMILES string of the molecule is CCc1c(C)nc(-c2ccccc2)nc1-c1cccc([N+](=O)[O-])c1. The maximum Gasteiger partial charge on any atom is 0.270 e. The van der Waals surface area contributed by atoms with Crippen LogP contribution in [0, 0.1) is 17.0 Å². The van der Waals surface area contributed by atoms with Crippen molar-refractivity contribution in [3.05, 3.63) is 76.0 Å². The Morgan fingerprint density at radius 3 is 2.38 bits per heavy atom. The Bertz CT molecular complexity index is 892. The van der Waals surface area contributed by atoms with Crippen LogP contribution in [0.2, 0.25) is 0 Å². The Morgan fingerprint density at radius 1 is 1.00 bits per heavy atom. The van der Waals surface area contributed by atoms with E-state index in [9.17, 15) is 10.1 Å². The summed E-state index contributed by atoms with van der Waals surface area (Å²) in [7, 11) is 0. The Hall–Kier alpha value is -3.08. The van der Waals surface area contributed by atoms with Gasteiger partial charge in [0.15, 0.2) is 5.82 Å². The summed E-state index contributed by atoms with van der Waals surface area (Å²) in [5, 5.41) is 11.1. The van der Waals surface area contributed by atoms with Crippen LogP contribution in [0.5, 0.6) is 0 Å². The van der Waals surface area contributed by atoms with Crippen molar-refractivity contribution in [2.75, 3.05) is 0 Å². The molecule has 0 saturated heterocycles. The number of aromatic nitrogens is 2. The fourth-order valence-electron chi connectivity index (χ4n) is 2.74. The van der Waals surface area contributed by atoms with Gasteiger partial charge in [0, 0.05) is 29.0 Å². The highest BCUT2D eigenvalue weighted by Crippen LogP contribution is 2.29. The molecule has 2 aromatic carbocycles. The molecule has 5 nitrogen and oxygen atoms in total. The van der Waals surface area contributed by atoms with Crippen molar-refractivity contribution in [3.63, 3.8) is 0 Å². The number of benzene rings is 2. The molecule has 0 N–H and O–H groups in total. The monoisotopic (exact) mass is 319 g/mol. The number of rotatable bonds is 4. The van der Waals surface area contributed by atoms with Crippen molar-refractivity contribution in [1.29, 1.82) is 0 Å². The van der Waals surface area contributed by atoms with Crippen LogP contribution in [0.3, 0.4) is 0 Å². The molecular formula is C19H17N3O2. The molecule has 1 aromatic heterocycles. The number of hydrogen-bond acceptors (Lipinski definition) is 4. The molecular weight excluding hydrogens is 302 g/mol. The Balaban J connectivity index is 2.21. The Kier molecular flexibility index (Phi) is 4.33. The zero-order valence-electron chi connectivity index (χ0n) is 13.6. The van der Waals surface area contributed by atoms with Gasteiger partial charge in [-0.15, -0.1) is 0 Å². The van der Waals surface area contributed by atoms with Gasteiger partial charge < -0.3 is 0 Å². The maximum absolute atomic E-state index is 11.1. The summed E-state index contributed by atoms with van der Waals surface area (Å²) in [6, 6.07) is 16.3. The van der Waals surface area contributed by atoms with Crippen LogP contribution in [0.1, 0.15) is 18.2 Å². The molecule has 0 bridgehead atoms. The third-order valence-electron chi connectivity index (χ3n) is 3.93. The van der Waals surface area contributed by atoms with Crippen LogP contribution in [0.4, 0.5) is 5.69 Å². The molecule has 120 valence electrons. The number of nitro benzene ring substituents is 1. The highest BCUT2D eigenvalue weighted by molar-refractivity contribution is 5.69. The van der Waals surface area contributed by atoms with Gasteiger partial charge in [-0.2, -0.15) is 0 Å². The summed E-state index contributed by atoms with van der Waals surface area (Å²) in [6.45, 7) is 3.99. The van der Waals surface area contributed by atoms with E-state index in [2.05, 4.69) is 4.98 Å². The van der Waals surface area contributed by atoms with Gasteiger partial charge in [-0.25, -0.2) is 9.97 Å². The highest BCUT2D eigenvalue weighted by Gasteiger charge is 2.15. The minimum absolute atomic E-state index is 0.0621. The largest absolute Gasteiger partial charge is 0.270 e. The highest BCUT2D eigenvalue weighted by atomic mass is 16.6. The van der Waals surface area contributed by atoms with Crippen molar-refractivity contribution in [1.82, 2.24) is 9.97 Å².